The number of hydrogen-bond donors (Lipinski definition) is 0. The molecule has 5 unspecified atom stereocenters. The van der Waals surface area contributed by atoms with E-state index < -0.39 is 0 Å². The summed E-state index contributed by atoms with van der Waals surface area (Å²) in [4.78, 5) is 5.60. The van der Waals surface area contributed by atoms with Crippen molar-refractivity contribution in [3.63, 3.8) is 0 Å². The minimum absolute atomic E-state index is 0.296. The second-order valence-corrected chi connectivity index (χ2v) is 13.3. The van der Waals surface area contributed by atoms with Crippen LogP contribution in [0, 0.1) is 11.8 Å². The van der Waals surface area contributed by atoms with E-state index in [1.54, 1.807) is 22.5 Å². The first-order chi connectivity index (χ1) is 21.8. The Hall–Kier alpha value is -4.30. The SMILES string of the molecule is C1=CCC(c2cccc(N3C4=C(C=CC5C6=C(CCC=C6)N(C6=CC(c7ccccc7)=CCC6)C45)C4CCC=CC43)c2)C=C1. The maximum Gasteiger partial charge on any atom is 0.0843 e. The third-order valence-electron chi connectivity index (χ3n) is 10.9. The van der Waals surface area contributed by atoms with Gasteiger partial charge in [-0.25, -0.2) is 0 Å². The molecule has 2 aromatic rings. The van der Waals surface area contributed by atoms with Gasteiger partial charge in [0.1, 0.15) is 0 Å². The zero-order chi connectivity index (χ0) is 29.0. The van der Waals surface area contributed by atoms with Crippen molar-refractivity contribution in [3.8, 4) is 0 Å². The number of nitrogens with zero attached hydrogens (tertiary/aromatic N) is 2. The van der Waals surface area contributed by atoms with Crippen LogP contribution in [-0.2, 0) is 0 Å². The molecule has 0 spiro atoms. The molecule has 0 amide bonds. The molecule has 2 aliphatic heterocycles. The average Bonchev–Trinajstić information content (AvgIpc) is 3.62. The minimum Gasteiger partial charge on any atom is -0.338 e. The van der Waals surface area contributed by atoms with Crippen molar-refractivity contribution in [3.05, 3.63) is 167 Å². The van der Waals surface area contributed by atoms with Gasteiger partial charge in [-0.05, 0) is 91.0 Å². The third kappa shape index (κ3) is 4.14. The molecule has 5 atom stereocenters. The highest BCUT2D eigenvalue weighted by Gasteiger charge is 2.52. The summed E-state index contributed by atoms with van der Waals surface area (Å²) < 4.78 is 0. The topological polar surface area (TPSA) is 6.48 Å². The van der Waals surface area contributed by atoms with Crippen molar-refractivity contribution >= 4 is 11.3 Å². The van der Waals surface area contributed by atoms with E-state index in [1.165, 1.54) is 40.9 Å². The first-order valence-electron chi connectivity index (χ1n) is 16.8. The lowest BCUT2D eigenvalue weighted by Gasteiger charge is -2.41. The van der Waals surface area contributed by atoms with Crippen molar-refractivity contribution in [2.75, 3.05) is 4.90 Å². The molecule has 9 rings (SSSR count). The van der Waals surface area contributed by atoms with E-state index in [1.807, 2.05) is 0 Å². The molecular formula is C42H40N2. The van der Waals surface area contributed by atoms with Crippen molar-refractivity contribution < 1.29 is 0 Å². The fourth-order valence-corrected chi connectivity index (χ4v) is 8.98. The molecule has 218 valence electrons. The lowest BCUT2D eigenvalue weighted by molar-refractivity contribution is 0.325. The van der Waals surface area contributed by atoms with Gasteiger partial charge in [0.05, 0.1) is 12.1 Å². The highest BCUT2D eigenvalue weighted by atomic mass is 15.3. The van der Waals surface area contributed by atoms with Gasteiger partial charge in [0.25, 0.3) is 0 Å². The van der Waals surface area contributed by atoms with E-state index in [0.717, 1.165) is 32.1 Å². The number of hydrogen-bond acceptors (Lipinski definition) is 2. The Morgan fingerprint density at radius 1 is 0.727 bits per heavy atom. The van der Waals surface area contributed by atoms with Crippen LogP contribution in [0.25, 0.3) is 5.57 Å². The third-order valence-corrected chi connectivity index (χ3v) is 10.9. The molecule has 2 nitrogen and oxygen atoms in total. The van der Waals surface area contributed by atoms with Crippen LogP contribution in [0.3, 0.4) is 0 Å². The molecule has 5 aliphatic carbocycles. The summed E-state index contributed by atoms with van der Waals surface area (Å²) in [6, 6.07) is 21.1. The monoisotopic (exact) mass is 572 g/mol. The van der Waals surface area contributed by atoms with Gasteiger partial charge in [-0.15, -0.1) is 0 Å². The lowest BCUT2D eigenvalue weighted by atomic mass is 9.80. The summed E-state index contributed by atoms with van der Waals surface area (Å²) in [5.74, 6) is 1.38. The standard InChI is InChI=1S/C42H40N2/c1-3-13-29(14-4-1)31-17-11-19-33(27-31)43-39-23-9-7-21-35(39)37-25-26-38-36-22-8-10-24-40(36)44(42(38)41(37)43)34-20-12-18-32(28-34)30-15-5-2-6-16-30/h1-7,10,12-15,17-18,20-21,24-28,30,36-37,40-41H,8-9,11,16,19,22-23H2. The van der Waals surface area contributed by atoms with Gasteiger partial charge in [-0.1, -0.05) is 109 Å². The summed E-state index contributed by atoms with van der Waals surface area (Å²) in [7, 11) is 0. The van der Waals surface area contributed by atoms with Crippen LogP contribution in [0.2, 0.25) is 0 Å². The maximum atomic E-state index is 2.82. The zero-order valence-corrected chi connectivity index (χ0v) is 25.4. The van der Waals surface area contributed by atoms with Gasteiger partial charge < -0.3 is 9.80 Å². The Balaban J connectivity index is 1.18. The fraction of sp³-hybridized carbons (Fsp3) is 0.286. The maximum absolute atomic E-state index is 2.82. The van der Waals surface area contributed by atoms with Crippen molar-refractivity contribution in [2.45, 2.75) is 62.9 Å². The molecule has 2 heteroatoms. The van der Waals surface area contributed by atoms with E-state index in [9.17, 15) is 0 Å². The van der Waals surface area contributed by atoms with E-state index in [2.05, 4.69) is 137 Å². The number of fused-ring (bicyclic) bond motifs is 5. The number of allylic oxidation sites excluding steroid dienone is 13. The molecule has 0 saturated carbocycles. The average molecular weight is 573 g/mol. The Labute approximate surface area is 262 Å². The predicted molar refractivity (Wildman–Crippen MR) is 183 cm³/mol. The second-order valence-electron chi connectivity index (χ2n) is 13.3. The van der Waals surface area contributed by atoms with Crippen molar-refractivity contribution in [1.29, 1.82) is 0 Å². The lowest BCUT2D eigenvalue weighted by Crippen LogP contribution is -2.44. The Bertz CT molecular complexity index is 1770. The van der Waals surface area contributed by atoms with Crippen LogP contribution in [0.4, 0.5) is 5.69 Å². The highest BCUT2D eigenvalue weighted by molar-refractivity contribution is 5.76. The van der Waals surface area contributed by atoms with Crippen molar-refractivity contribution in [2.24, 2.45) is 11.8 Å². The largest absolute Gasteiger partial charge is 0.338 e. The van der Waals surface area contributed by atoms with Gasteiger partial charge in [0.2, 0.25) is 0 Å². The van der Waals surface area contributed by atoms with E-state index in [-0.39, 0.29) is 0 Å². The van der Waals surface area contributed by atoms with Gasteiger partial charge in [0, 0.05) is 40.5 Å². The van der Waals surface area contributed by atoms with E-state index in [4.69, 9.17) is 0 Å². The summed E-state index contributed by atoms with van der Waals surface area (Å²) in [5.41, 5.74) is 13.2. The van der Waals surface area contributed by atoms with Gasteiger partial charge >= 0.3 is 0 Å². The molecule has 0 fully saturated rings. The van der Waals surface area contributed by atoms with Crippen LogP contribution in [-0.4, -0.2) is 17.0 Å². The van der Waals surface area contributed by atoms with E-state index >= 15 is 0 Å². The first-order valence-corrected chi connectivity index (χ1v) is 16.8. The van der Waals surface area contributed by atoms with E-state index in [0.29, 0.717) is 29.8 Å². The predicted octanol–water partition coefficient (Wildman–Crippen LogP) is 9.93. The van der Waals surface area contributed by atoms with Crippen LogP contribution < -0.4 is 4.90 Å². The molecule has 0 radical (unpaired) electrons. The van der Waals surface area contributed by atoms with Gasteiger partial charge in [-0.2, -0.15) is 0 Å². The summed E-state index contributed by atoms with van der Waals surface area (Å²) >= 11 is 0. The zero-order valence-electron chi connectivity index (χ0n) is 25.4. The van der Waals surface area contributed by atoms with Crippen molar-refractivity contribution in [1.82, 2.24) is 4.90 Å². The van der Waals surface area contributed by atoms with Crippen LogP contribution >= 0.6 is 0 Å². The highest BCUT2D eigenvalue weighted by Crippen LogP contribution is 2.55. The number of anilines is 1. The molecule has 44 heavy (non-hydrogen) atoms. The Kier molecular flexibility index (Phi) is 6.35. The number of benzene rings is 2. The molecule has 0 N–H and O–H groups in total. The molecule has 0 bridgehead atoms. The molecule has 2 aromatic carbocycles. The Morgan fingerprint density at radius 3 is 2.59 bits per heavy atom. The van der Waals surface area contributed by atoms with Crippen LogP contribution in [0.1, 0.15) is 62.0 Å². The normalized spacial score (nSPS) is 29.9. The Morgan fingerprint density at radius 2 is 1.68 bits per heavy atom. The molecular weight excluding hydrogens is 532 g/mol. The molecule has 7 aliphatic rings. The molecule has 0 saturated heterocycles. The van der Waals surface area contributed by atoms with Gasteiger partial charge in [-0.3, -0.25) is 0 Å². The fourth-order valence-electron chi connectivity index (χ4n) is 8.98. The smallest absolute Gasteiger partial charge is 0.0843 e. The van der Waals surface area contributed by atoms with Crippen LogP contribution in [0.15, 0.2) is 156 Å². The summed E-state index contributed by atoms with van der Waals surface area (Å²) in [6.07, 6.45) is 36.9. The summed E-state index contributed by atoms with van der Waals surface area (Å²) in [6.45, 7) is 0. The quantitative estimate of drug-likeness (QED) is 0.336. The first kappa shape index (κ1) is 26.1. The summed E-state index contributed by atoms with van der Waals surface area (Å²) in [5, 5.41) is 0. The number of rotatable bonds is 4. The second kappa shape index (κ2) is 10.7. The van der Waals surface area contributed by atoms with Crippen LogP contribution in [0.5, 0.6) is 0 Å². The molecule has 0 aromatic heterocycles. The van der Waals surface area contributed by atoms with Gasteiger partial charge in [0.15, 0.2) is 0 Å². The minimum atomic E-state index is 0.296. The molecule has 2 heterocycles.